The molecule has 1 fully saturated rings. The Hall–Kier alpha value is -4.44. The van der Waals surface area contributed by atoms with E-state index in [-0.39, 0.29) is 22.6 Å². The van der Waals surface area contributed by atoms with Crippen LogP contribution in [0.5, 0.6) is 17.2 Å². The minimum absolute atomic E-state index is 0.00128. The number of carbonyl (C=O) groups excluding carboxylic acids is 2. The van der Waals surface area contributed by atoms with E-state index in [1.807, 2.05) is 6.92 Å². The number of nitrogens with zero attached hydrogens (tertiary/aromatic N) is 2. The Morgan fingerprint density at radius 3 is 2.64 bits per heavy atom. The summed E-state index contributed by atoms with van der Waals surface area (Å²) < 4.78 is 31.0. The van der Waals surface area contributed by atoms with E-state index in [0.717, 1.165) is 22.6 Å². The average molecular weight is 547 g/mol. The molecule has 0 saturated carbocycles. The van der Waals surface area contributed by atoms with E-state index in [1.165, 1.54) is 37.3 Å². The zero-order chi connectivity index (χ0) is 27.4. The molecule has 1 N–H and O–H groups in total. The minimum atomic E-state index is -1.03. The number of rotatable bonds is 5. The van der Waals surface area contributed by atoms with Crippen LogP contribution in [0.1, 0.15) is 29.7 Å². The number of ketones is 1. The Morgan fingerprint density at radius 2 is 1.87 bits per heavy atom. The molecule has 2 atom stereocenters. The van der Waals surface area contributed by atoms with E-state index >= 15 is 0 Å². The second-order valence-corrected chi connectivity index (χ2v) is 10.4. The summed E-state index contributed by atoms with van der Waals surface area (Å²) in [5.41, 5.74) is 2.18. The van der Waals surface area contributed by atoms with Crippen LogP contribution in [-0.4, -0.2) is 42.1 Å². The van der Waals surface area contributed by atoms with E-state index in [1.54, 1.807) is 36.4 Å². The molecule has 2 aliphatic rings. The number of amides is 1. The molecular formula is C29H23FN2O6S. The van der Waals surface area contributed by atoms with Crippen molar-refractivity contribution in [3.63, 3.8) is 0 Å². The van der Waals surface area contributed by atoms with Crippen LogP contribution in [0, 0.1) is 5.82 Å². The molecule has 2 unspecified atom stereocenters. The third-order valence-electron chi connectivity index (χ3n) is 6.88. The van der Waals surface area contributed by atoms with Gasteiger partial charge in [-0.3, -0.25) is 14.5 Å². The molecular weight excluding hydrogens is 523 g/mol. The Kier molecular flexibility index (Phi) is 5.99. The first-order valence-electron chi connectivity index (χ1n) is 12.2. The average Bonchev–Trinajstić information content (AvgIpc) is 3.59. The van der Waals surface area contributed by atoms with Crippen molar-refractivity contribution in [3.05, 3.63) is 82.7 Å². The number of anilines is 1. The highest BCUT2D eigenvalue weighted by molar-refractivity contribution is 7.22. The van der Waals surface area contributed by atoms with Crippen LogP contribution < -0.4 is 19.1 Å². The fraction of sp³-hybridized carbons (Fsp3) is 0.207. The molecule has 1 amide bonds. The van der Waals surface area contributed by atoms with Gasteiger partial charge in [-0.25, -0.2) is 9.37 Å². The zero-order valence-corrected chi connectivity index (χ0v) is 22.0. The normalized spacial score (nSPS) is 19.8. The number of halogens is 1. The number of Topliss-reactive ketones (excluding diaryl/α,β-unsaturated/α-hetero) is 1. The lowest BCUT2D eigenvalue weighted by molar-refractivity contribution is -0.132. The Balaban J connectivity index is 1.55. The number of hydrogen-bond donors (Lipinski definition) is 1. The molecule has 0 spiro atoms. The third kappa shape index (κ3) is 4.08. The van der Waals surface area contributed by atoms with Gasteiger partial charge >= 0.3 is 5.91 Å². The summed E-state index contributed by atoms with van der Waals surface area (Å²) in [7, 11) is 2.98. The maximum absolute atomic E-state index is 13.9. The smallest absolute Gasteiger partial charge is 0.301 e. The molecule has 0 aliphatic carbocycles. The molecule has 8 nitrogen and oxygen atoms in total. The Morgan fingerprint density at radius 1 is 1.08 bits per heavy atom. The molecule has 6 rings (SSSR count). The van der Waals surface area contributed by atoms with Crippen molar-refractivity contribution in [3.8, 4) is 17.2 Å². The lowest BCUT2D eigenvalue weighted by atomic mass is 9.94. The summed E-state index contributed by atoms with van der Waals surface area (Å²) in [6.45, 7) is 1.95. The van der Waals surface area contributed by atoms with Crippen LogP contribution in [0.2, 0.25) is 0 Å². The van der Waals surface area contributed by atoms with Gasteiger partial charge < -0.3 is 19.3 Å². The lowest BCUT2D eigenvalue weighted by Crippen LogP contribution is -2.29. The quantitative estimate of drug-likeness (QED) is 0.203. The van der Waals surface area contributed by atoms with Gasteiger partial charge in [-0.2, -0.15) is 0 Å². The maximum atomic E-state index is 13.9. The van der Waals surface area contributed by atoms with Crippen molar-refractivity contribution in [2.24, 2.45) is 0 Å². The molecule has 0 bridgehead atoms. The maximum Gasteiger partial charge on any atom is 0.301 e. The second-order valence-electron chi connectivity index (χ2n) is 9.35. The predicted molar refractivity (Wildman–Crippen MR) is 144 cm³/mol. The number of benzene rings is 3. The molecule has 10 heteroatoms. The first-order chi connectivity index (χ1) is 18.8. The van der Waals surface area contributed by atoms with E-state index in [2.05, 4.69) is 4.98 Å². The largest absolute Gasteiger partial charge is 0.507 e. The predicted octanol–water partition coefficient (Wildman–Crippen LogP) is 5.40. The highest BCUT2D eigenvalue weighted by Crippen LogP contribution is 2.46. The van der Waals surface area contributed by atoms with Gasteiger partial charge in [0.15, 0.2) is 16.6 Å². The molecule has 4 aromatic rings. The number of aliphatic hydroxyl groups excluding tert-OH is 1. The van der Waals surface area contributed by atoms with Crippen LogP contribution in [0.3, 0.4) is 0 Å². The van der Waals surface area contributed by atoms with Crippen molar-refractivity contribution >= 4 is 44.1 Å². The molecule has 3 heterocycles. The Bertz CT molecular complexity index is 1700. The third-order valence-corrected chi connectivity index (χ3v) is 7.90. The van der Waals surface area contributed by atoms with Crippen molar-refractivity contribution < 1.29 is 33.3 Å². The molecule has 198 valence electrons. The van der Waals surface area contributed by atoms with Gasteiger partial charge in [-0.05, 0) is 66.6 Å². The summed E-state index contributed by atoms with van der Waals surface area (Å²) in [6, 6.07) is 13.3. The highest BCUT2D eigenvalue weighted by Gasteiger charge is 2.48. The number of methoxy groups -OCH3 is 2. The van der Waals surface area contributed by atoms with Gasteiger partial charge in [-0.1, -0.05) is 17.4 Å². The zero-order valence-electron chi connectivity index (χ0n) is 21.2. The van der Waals surface area contributed by atoms with Gasteiger partial charge in [0.05, 0.1) is 36.1 Å². The highest BCUT2D eigenvalue weighted by atomic mass is 32.1. The van der Waals surface area contributed by atoms with Gasteiger partial charge in [0.25, 0.3) is 5.78 Å². The fourth-order valence-electron chi connectivity index (χ4n) is 5.08. The molecule has 39 heavy (non-hydrogen) atoms. The lowest BCUT2D eigenvalue weighted by Gasteiger charge is -2.23. The summed E-state index contributed by atoms with van der Waals surface area (Å²) >= 11 is 1.08. The van der Waals surface area contributed by atoms with E-state index in [4.69, 9.17) is 14.2 Å². The molecule has 1 aromatic heterocycles. The van der Waals surface area contributed by atoms with Crippen molar-refractivity contribution in [2.45, 2.75) is 25.5 Å². The molecule has 3 aromatic carbocycles. The van der Waals surface area contributed by atoms with Gasteiger partial charge in [0.1, 0.15) is 23.4 Å². The number of carbonyl (C=O) groups is 2. The number of hydrogen-bond acceptors (Lipinski definition) is 8. The van der Waals surface area contributed by atoms with Gasteiger partial charge in [0, 0.05) is 12.0 Å². The SMILES string of the molecule is COc1ccc(C2/C(=C(/O)c3ccc4c(c3)CC(C)O4)C(=O)C(=O)N2c2nc3ccc(F)cc3s2)cc1OC. The summed E-state index contributed by atoms with van der Waals surface area (Å²) in [6.07, 6.45) is 0.658. The summed E-state index contributed by atoms with van der Waals surface area (Å²) in [5.74, 6) is -0.900. The van der Waals surface area contributed by atoms with Gasteiger partial charge in [0.2, 0.25) is 0 Å². The molecule has 0 radical (unpaired) electrons. The molecule has 1 saturated heterocycles. The second kappa shape index (κ2) is 9.39. The van der Waals surface area contributed by atoms with Crippen LogP contribution in [-0.2, 0) is 16.0 Å². The van der Waals surface area contributed by atoms with Crippen LogP contribution in [0.15, 0.2) is 60.2 Å². The number of thiazole rings is 1. The summed E-state index contributed by atoms with van der Waals surface area (Å²) in [4.78, 5) is 32.9. The first-order valence-corrected chi connectivity index (χ1v) is 13.0. The number of aliphatic hydroxyl groups is 1. The van der Waals surface area contributed by atoms with E-state index < -0.39 is 23.5 Å². The topological polar surface area (TPSA) is 98.2 Å². The van der Waals surface area contributed by atoms with E-state index in [9.17, 15) is 19.1 Å². The van der Waals surface area contributed by atoms with Crippen LogP contribution in [0.25, 0.3) is 16.0 Å². The number of ether oxygens (including phenoxy) is 3. The number of fused-ring (bicyclic) bond motifs is 2. The fourth-order valence-corrected chi connectivity index (χ4v) is 6.10. The van der Waals surface area contributed by atoms with Crippen molar-refractivity contribution in [2.75, 3.05) is 19.1 Å². The monoisotopic (exact) mass is 546 g/mol. The van der Waals surface area contributed by atoms with Crippen molar-refractivity contribution in [1.29, 1.82) is 0 Å². The van der Waals surface area contributed by atoms with E-state index in [0.29, 0.717) is 39.3 Å². The van der Waals surface area contributed by atoms with Gasteiger partial charge in [-0.15, -0.1) is 0 Å². The Labute approximate surface area is 226 Å². The summed E-state index contributed by atoms with van der Waals surface area (Å²) in [5, 5.41) is 11.7. The molecule has 2 aliphatic heterocycles. The number of aromatic nitrogens is 1. The standard InChI is InChI=1S/C29H23FN2O6S/c1-14-10-17-11-16(5-8-20(17)38-14)26(33)24-25(15-4-9-21(36-2)22(12-15)37-3)32(28(35)27(24)34)29-31-19-7-6-18(30)13-23(19)39-29/h4-9,11-14,25,33H,10H2,1-3H3/b26-24-. The van der Waals surface area contributed by atoms with Crippen LogP contribution >= 0.6 is 11.3 Å². The van der Waals surface area contributed by atoms with Crippen LogP contribution in [0.4, 0.5) is 9.52 Å². The minimum Gasteiger partial charge on any atom is -0.507 e. The first kappa shape index (κ1) is 24.9. The van der Waals surface area contributed by atoms with Crippen molar-refractivity contribution in [1.82, 2.24) is 4.98 Å².